The quantitative estimate of drug-likeness (QED) is 0.666. The maximum Gasteiger partial charge on any atom is 0.416 e. The van der Waals surface area contributed by atoms with E-state index in [9.17, 15) is 26.0 Å². The summed E-state index contributed by atoms with van der Waals surface area (Å²) in [6.07, 6.45) is -3.07. The van der Waals surface area contributed by atoms with Crippen LogP contribution in [0.15, 0.2) is 59.6 Å². The molecule has 0 amide bonds. The van der Waals surface area contributed by atoms with Crippen LogP contribution in [0.4, 0.5) is 17.6 Å². The molecule has 0 fully saturated rings. The van der Waals surface area contributed by atoms with Crippen LogP contribution in [-0.2, 0) is 22.7 Å². The van der Waals surface area contributed by atoms with Gasteiger partial charge in [-0.15, -0.1) is 0 Å². The summed E-state index contributed by atoms with van der Waals surface area (Å²) in [4.78, 5) is -0.259. The molecule has 0 bridgehead atoms. The second-order valence-electron chi connectivity index (χ2n) is 6.33. The first kappa shape index (κ1) is 18.6. The van der Waals surface area contributed by atoms with Crippen LogP contribution in [0.3, 0.4) is 0 Å². The molecular formula is C18H13F4N3O2S. The fourth-order valence-corrected chi connectivity index (χ4v) is 4.82. The molecule has 0 saturated carbocycles. The van der Waals surface area contributed by atoms with E-state index in [2.05, 4.69) is 10.2 Å². The van der Waals surface area contributed by atoms with Crippen molar-refractivity contribution in [1.29, 1.82) is 0 Å². The summed E-state index contributed by atoms with van der Waals surface area (Å²) < 4.78 is 79.1. The van der Waals surface area contributed by atoms with Crippen molar-refractivity contribution in [2.45, 2.75) is 23.7 Å². The smallest absolute Gasteiger partial charge is 0.281 e. The summed E-state index contributed by atoms with van der Waals surface area (Å²) in [7, 11) is -4.12. The Morgan fingerprint density at radius 1 is 1.04 bits per heavy atom. The van der Waals surface area contributed by atoms with Gasteiger partial charge in [-0.05, 0) is 42.0 Å². The summed E-state index contributed by atoms with van der Waals surface area (Å²) in [5.41, 5.74) is 0.779. The fourth-order valence-electron chi connectivity index (χ4n) is 3.25. The number of hydrogen-bond acceptors (Lipinski definition) is 3. The zero-order valence-corrected chi connectivity index (χ0v) is 14.9. The van der Waals surface area contributed by atoms with Crippen molar-refractivity contribution in [3.05, 3.63) is 82.9 Å². The SMILES string of the molecule is O=S(=O)(c1ccc(C(F)(F)F)cc1)N1Cc2[nH]ncc2[C@H]1c1ccc(F)cc1. The third-order valence-corrected chi connectivity index (χ3v) is 6.45. The number of nitrogens with one attached hydrogen (secondary N) is 1. The molecule has 146 valence electrons. The molecule has 3 aromatic rings. The van der Waals surface area contributed by atoms with E-state index in [1.54, 1.807) is 0 Å². The van der Waals surface area contributed by atoms with E-state index in [0.717, 1.165) is 28.6 Å². The van der Waals surface area contributed by atoms with Gasteiger partial charge in [-0.25, -0.2) is 12.8 Å². The van der Waals surface area contributed by atoms with Gasteiger partial charge < -0.3 is 0 Å². The monoisotopic (exact) mass is 411 g/mol. The number of hydrogen-bond donors (Lipinski definition) is 1. The Bertz CT molecular complexity index is 1110. The second kappa shape index (κ2) is 6.42. The van der Waals surface area contributed by atoms with E-state index in [-0.39, 0.29) is 11.4 Å². The summed E-state index contributed by atoms with van der Waals surface area (Å²) in [5.74, 6) is -0.466. The van der Waals surface area contributed by atoms with Crippen molar-refractivity contribution in [3.63, 3.8) is 0 Å². The van der Waals surface area contributed by atoms with Gasteiger partial charge in [0.25, 0.3) is 0 Å². The van der Waals surface area contributed by atoms with Gasteiger partial charge in [0, 0.05) is 5.56 Å². The normalized spacial score (nSPS) is 17.6. The maximum atomic E-state index is 13.3. The predicted molar refractivity (Wildman–Crippen MR) is 91.0 cm³/mol. The molecule has 28 heavy (non-hydrogen) atoms. The van der Waals surface area contributed by atoms with Crippen molar-refractivity contribution in [2.75, 3.05) is 0 Å². The van der Waals surface area contributed by atoms with Crippen LogP contribution in [0.1, 0.15) is 28.4 Å². The molecule has 0 radical (unpaired) electrons. The van der Waals surface area contributed by atoms with Crippen LogP contribution >= 0.6 is 0 Å². The van der Waals surface area contributed by atoms with Gasteiger partial charge in [-0.2, -0.15) is 22.6 Å². The minimum Gasteiger partial charge on any atom is -0.281 e. The number of benzene rings is 2. The minimum atomic E-state index is -4.56. The van der Waals surface area contributed by atoms with Gasteiger partial charge in [0.05, 0.1) is 34.9 Å². The van der Waals surface area contributed by atoms with Crippen molar-refractivity contribution in [1.82, 2.24) is 14.5 Å². The van der Waals surface area contributed by atoms with Gasteiger partial charge >= 0.3 is 6.18 Å². The predicted octanol–water partition coefficient (Wildman–Crippen LogP) is 3.86. The Kier molecular flexibility index (Phi) is 4.27. The van der Waals surface area contributed by atoms with Gasteiger partial charge in [0.15, 0.2) is 0 Å². The van der Waals surface area contributed by atoms with Gasteiger partial charge in [0.2, 0.25) is 10.0 Å². The number of sulfonamides is 1. The molecule has 1 aromatic heterocycles. The number of halogens is 4. The fraction of sp³-hybridized carbons (Fsp3) is 0.167. The number of nitrogens with zero attached hydrogens (tertiary/aromatic N) is 2. The van der Waals surface area contributed by atoms with Crippen molar-refractivity contribution < 1.29 is 26.0 Å². The number of rotatable bonds is 3. The molecule has 0 aliphatic carbocycles. The summed E-state index contributed by atoms with van der Waals surface area (Å²) in [5, 5.41) is 6.65. The Hall–Kier alpha value is -2.72. The van der Waals surface area contributed by atoms with E-state index in [0.29, 0.717) is 16.8 Å². The van der Waals surface area contributed by atoms with Crippen LogP contribution in [-0.4, -0.2) is 22.9 Å². The first-order chi connectivity index (χ1) is 13.2. The van der Waals surface area contributed by atoms with E-state index in [4.69, 9.17) is 0 Å². The highest BCUT2D eigenvalue weighted by Crippen LogP contribution is 2.41. The van der Waals surface area contributed by atoms with Gasteiger partial charge in [-0.1, -0.05) is 12.1 Å². The highest BCUT2D eigenvalue weighted by molar-refractivity contribution is 7.89. The average molecular weight is 411 g/mol. The van der Waals surface area contributed by atoms with Crippen LogP contribution in [0.25, 0.3) is 0 Å². The van der Waals surface area contributed by atoms with Crippen molar-refractivity contribution in [3.8, 4) is 0 Å². The van der Waals surface area contributed by atoms with E-state index >= 15 is 0 Å². The molecule has 2 heterocycles. The van der Waals surface area contributed by atoms with E-state index < -0.39 is 33.6 Å². The molecule has 1 N–H and O–H groups in total. The first-order valence-corrected chi connectivity index (χ1v) is 9.58. The molecule has 2 aromatic carbocycles. The summed E-state index contributed by atoms with van der Waals surface area (Å²) in [6, 6.07) is 7.95. The number of H-pyrrole nitrogens is 1. The maximum absolute atomic E-state index is 13.3. The molecule has 5 nitrogen and oxygen atoms in total. The molecule has 0 saturated heterocycles. The highest BCUT2D eigenvalue weighted by Gasteiger charge is 2.41. The molecule has 1 aliphatic heterocycles. The lowest BCUT2D eigenvalue weighted by molar-refractivity contribution is -0.137. The topological polar surface area (TPSA) is 66.1 Å². The Morgan fingerprint density at radius 2 is 1.68 bits per heavy atom. The van der Waals surface area contributed by atoms with Crippen molar-refractivity contribution >= 4 is 10.0 Å². The summed E-state index contributed by atoms with van der Waals surface area (Å²) >= 11 is 0. The molecule has 0 spiro atoms. The third-order valence-electron chi connectivity index (χ3n) is 4.62. The number of alkyl halides is 3. The lowest BCUT2D eigenvalue weighted by Crippen LogP contribution is -2.30. The number of aromatic nitrogens is 2. The second-order valence-corrected chi connectivity index (χ2v) is 8.22. The third kappa shape index (κ3) is 3.08. The molecular weight excluding hydrogens is 398 g/mol. The zero-order valence-electron chi connectivity index (χ0n) is 14.1. The van der Waals surface area contributed by atoms with E-state index in [1.807, 2.05) is 0 Å². The van der Waals surface area contributed by atoms with Gasteiger partial charge in [0.1, 0.15) is 5.82 Å². The zero-order chi connectivity index (χ0) is 20.1. The Balaban J connectivity index is 1.76. The van der Waals surface area contributed by atoms with Crippen LogP contribution in [0.5, 0.6) is 0 Å². The Morgan fingerprint density at radius 3 is 2.29 bits per heavy atom. The summed E-state index contributed by atoms with van der Waals surface area (Å²) in [6.45, 7) is -0.0271. The molecule has 10 heteroatoms. The molecule has 0 unspecified atom stereocenters. The Labute approximate surface area is 157 Å². The number of aromatic amines is 1. The minimum absolute atomic E-state index is 0.0271. The highest BCUT2D eigenvalue weighted by atomic mass is 32.2. The lowest BCUT2D eigenvalue weighted by Gasteiger charge is -2.25. The molecule has 4 rings (SSSR count). The van der Waals surface area contributed by atoms with E-state index in [1.165, 1.54) is 30.5 Å². The van der Waals surface area contributed by atoms with Crippen LogP contribution in [0.2, 0.25) is 0 Å². The molecule has 1 atom stereocenters. The van der Waals surface area contributed by atoms with Gasteiger partial charge in [-0.3, -0.25) is 5.10 Å². The molecule has 1 aliphatic rings. The van der Waals surface area contributed by atoms with Crippen molar-refractivity contribution in [2.24, 2.45) is 0 Å². The van der Waals surface area contributed by atoms with Crippen LogP contribution in [0, 0.1) is 5.82 Å². The largest absolute Gasteiger partial charge is 0.416 e. The average Bonchev–Trinajstić information content (AvgIpc) is 3.23. The standard InChI is InChI=1S/C18H13F4N3O2S/c19-13-5-1-11(2-6-13)17-15-9-23-24-16(15)10-25(17)28(26,27)14-7-3-12(4-8-14)18(20,21)22/h1-9,17H,10H2,(H,23,24)/t17-/m1/s1. The lowest BCUT2D eigenvalue weighted by atomic mass is 10.0. The van der Waals surface area contributed by atoms with Crippen LogP contribution < -0.4 is 0 Å². The number of fused-ring (bicyclic) bond motifs is 1. The first-order valence-electron chi connectivity index (χ1n) is 8.14.